The monoisotopic (exact) mass is 424 g/mol. The van der Waals surface area contributed by atoms with Crippen molar-refractivity contribution < 1.29 is 45.7 Å². The highest BCUT2D eigenvalue weighted by molar-refractivity contribution is 6.00. The molecule has 0 radical (unpaired) electrons. The summed E-state index contributed by atoms with van der Waals surface area (Å²) in [7, 11) is 0. The topological polar surface area (TPSA) is 79.8 Å². The van der Waals surface area contributed by atoms with Crippen LogP contribution in [-0.2, 0) is 0 Å². The van der Waals surface area contributed by atoms with Crippen LogP contribution >= 0.6 is 0 Å². The molecule has 158 valence electrons. The highest BCUT2D eigenvalue weighted by Gasteiger charge is 2.30. The highest BCUT2D eigenvalue weighted by Crippen LogP contribution is 2.29. The van der Waals surface area contributed by atoms with Crippen LogP contribution in [0.1, 0.15) is 0 Å². The molecule has 0 saturated carbocycles. The van der Waals surface area contributed by atoms with E-state index in [9.17, 15) is 36.2 Å². The maximum absolute atomic E-state index is 12.3. The van der Waals surface area contributed by atoms with Gasteiger partial charge in [0, 0.05) is 29.6 Å². The van der Waals surface area contributed by atoms with E-state index in [1.54, 1.807) is 0 Å². The number of nitrogens with one attached hydrogen (secondary N) is 2. The lowest BCUT2D eigenvalue weighted by Gasteiger charge is -2.15. The summed E-state index contributed by atoms with van der Waals surface area (Å²) < 4.78 is 83.0. The molecule has 2 rings (SSSR count). The van der Waals surface area contributed by atoms with Gasteiger partial charge in [-0.05, 0) is 24.3 Å². The summed E-state index contributed by atoms with van der Waals surface area (Å²) in [6.07, 6.45) is -9.35. The molecule has 0 aliphatic carbocycles. The van der Waals surface area contributed by atoms with Crippen LogP contribution in [0.5, 0.6) is 17.2 Å². The molecule has 0 unspecified atom stereocenters. The van der Waals surface area contributed by atoms with Gasteiger partial charge in [-0.2, -0.15) is 26.3 Å². The summed E-state index contributed by atoms with van der Waals surface area (Å²) in [4.78, 5) is 12.0. The van der Waals surface area contributed by atoms with Gasteiger partial charge in [-0.25, -0.2) is 4.79 Å². The number of ether oxygens (including phenoxy) is 2. The van der Waals surface area contributed by atoms with E-state index >= 15 is 0 Å². The standard InChI is InChI=1S/C17H14F6N2O4/c18-16(19,20)8-28-13-5-11(6-14(7-13)29-9-17(21,22)23)25-15(27)24-10-1-3-12(26)4-2-10/h1-7,26H,8-9H2,(H2,24,25,27). The van der Waals surface area contributed by atoms with E-state index in [2.05, 4.69) is 20.1 Å². The third-order valence-corrected chi connectivity index (χ3v) is 3.07. The average molecular weight is 424 g/mol. The van der Waals surface area contributed by atoms with Crippen LogP contribution in [0.4, 0.5) is 42.5 Å². The fourth-order valence-electron chi connectivity index (χ4n) is 1.98. The number of phenols is 1. The number of benzene rings is 2. The second-order valence-corrected chi connectivity index (χ2v) is 5.63. The predicted octanol–water partition coefficient (Wildman–Crippen LogP) is 4.92. The molecule has 0 aliphatic rings. The van der Waals surface area contributed by atoms with Crippen LogP contribution < -0.4 is 20.1 Å². The van der Waals surface area contributed by atoms with Gasteiger partial charge in [0.25, 0.3) is 0 Å². The van der Waals surface area contributed by atoms with Gasteiger partial charge in [-0.3, -0.25) is 0 Å². The Hall–Kier alpha value is -3.31. The van der Waals surface area contributed by atoms with E-state index in [0.717, 1.165) is 18.2 Å². The van der Waals surface area contributed by atoms with Gasteiger partial charge in [0.1, 0.15) is 17.2 Å². The molecule has 0 fully saturated rings. The molecular formula is C17H14F6N2O4. The van der Waals surface area contributed by atoms with Gasteiger partial charge in [-0.15, -0.1) is 0 Å². The summed E-state index contributed by atoms with van der Waals surface area (Å²) in [5.74, 6) is -0.958. The minimum atomic E-state index is -4.67. The molecule has 2 aromatic carbocycles. The van der Waals surface area contributed by atoms with Crippen LogP contribution in [0.3, 0.4) is 0 Å². The molecular weight excluding hydrogens is 410 g/mol. The van der Waals surface area contributed by atoms with Crippen LogP contribution in [0, 0.1) is 0 Å². The van der Waals surface area contributed by atoms with Crippen LogP contribution in [0.15, 0.2) is 42.5 Å². The third kappa shape index (κ3) is 8.49. The molecule has 29 heavy (non-hydrogen) atoms. The first-order valence-corrected chi connectivity index (χ1v) is 7.81. The molecule has 6 nitrogen and oxygen atoms in total. The molecule has 0 atom stereocenters. The quantitative estimate of drug-likeness (QED) is 0.455. The number of anilines is 2. The maximum atomic E-state index is 12.3. The van der Waals surface area contributed by atoms with Crippen molar-refractivity contribution in [3.8, 4) is 17.2 Å². The lowest BCUT2D eigenvalue weighted by atomic mass is 10.2. The zero-order valence-corrected chi connectivity index (χ0v) is 14.4. The molecule has 2 aromatic rings. The number of carbonyl (C=O) groups is 1. The van der Waals surface area contributed by atoms with Crippen molar-refractivity contribution in [1.82, 2.24) is 0 Å². The average Bonchev–Trinajstić information content (AvgIpc) is 2.59. The van der Waals surface area contributed by atoms with Crippen molar-refractivity contribution in [2.24, 2.45) is 0 Å². The summed E-state index contributed by atoms with van der Waals surface area (Å²) in [5.41, 5.74) is 0.108. The highest BCUT2D eigenvalue weighted by atomic mass is 19.4. The summed E-state index contributed by atoms with van der Waals surface area (Å²) in [6, 6.07) is 7.30. The Kier molecular flexibility index (Phi) is 6.67. The first-order valence-electron chi connectivity index (χ1n) is 7.81. The number of hydrogen-bond donors (Lipinski definition) is 3. The SMILES string of the molecule is O=C(Nc1ccc(O)cc1)Nc1cc(OCC(F)(F)F)cc(OCC(F)(F)F)c1. The molecule has 0 bridgehead atoms. The van der Waals surface area contributed by atoms with E-state index in [0.29, 0.717) is 0 Å². The Morgan fingerprint density at radius 3 is 1.69 bits per heavy atom. The summed E-state index contributed by atoms with van der Waals surface area (Å²) >= 11 is 0. The van der Waals surface area contributed by atoms with Crippen molar-refractivity contribution >= 4 is 17.4 Å². The van der Waals surface area contributed by atoms with Crippen molar-refractivity contribution in [1.29, 1.82) is 0 Å². The van der Waals surface area contributed by atoms with Gasteiger partial charge in [-0.1, -0.05) is 0 Å². The lowest BCUT2D eigenvalue weighted by molar-refractivity contribution is -0.153. The molecule has 0 spiro atoms. The number of alkyl halides is 6. The van der Waals surface area contributed by atoms with E-state index in [1.807, 2.05) is 0 Å². The third-order valence-electron chi connectivity index (χ3n) is 3.07. The smallest absolute Gasteiger partial charge is 0.422 e. The molecule has 0 aromatic heterocycles. The van der Waals surface area contributed by atoms with E-state index < -0.39 is 43.1 Å². The van der Waals surface area contributed by atoms with Gasteiger partial charge in [0.15, 0.2) is 13.2 Å². The largest absolute Gasteiger partial charge is 0.508 e. The van der Waals surface area contributed by atoms with Gasteiger partial charge >= 0.3 is 18.4 Å². The molecule has 12 heteroatoms. The Balaban J connectivity index is 2.14. The van der Waals surface area contributed by atoms with Gasteiger partial charge in [0.05, 0.1) is 0 Å². The Labute approximate surface area is 160 Å². The number of carbonyl (C=O) groups excluding carboxylic acids is 1. The molecule has 0 saturated heterocycles. The number of aromatic hydroxyl groups is 1. The number of urea groups is 1. The number of amides is 2. The zero-order chi connectivity index (χ0) is 21.7. The number of hydrogen-bond acceptors (Lipinski definition) is 4. The fourth-order valence-corrected chi connectivity index (χ4v) is 1.98. The van der Waals surface area contributed by atoms with Crippen molar-refractivity contribution in [3.63, 3.8) is 0 Å². The summed E-state index contributed by atoms with van der Waals surface area (Å²) in [5, 5.41) is 13.8. The van der Waals surface area contributed by atoms with Crippen LogP contribution in [0.25, 0.3) is 0 Å². The fraction of sp³-hybridized carbons (Fsp3) is 0.235. The lowest BCUT2D eigenvalue weighted by Crippen LogP contribution is -2.21. The predicted molar refractivity (Wildman–Crippen MR) is 90.3 cm³/mol. The van der Waals surface area contributed by atoms with Crippen LogP contribution in [-0.4, -0.2) is 36.7 Å². The number of halogens is 6. The van der Waals surface area contributed by atoms with E-state index in [4.69, 9.17) is 0 Å². The number of rotatable bonds is 6. The summed E-state index contributed by atoms with van der Waals surface area (Å²) in [6.45, 7) is -3.37. The molecule has 0 aliphatic heterocycles. The van der Waals surface area contributed by atoms with E-state index in [1.165, 1.54) is 24.3 Å². The molecule has 0 heterocycles. The Morgan fingerprint density at radius 2 is 1.24 bits per heavy atom. The van der Waals surface area contributed by atoms with Crippen molar-refractivity contribution in [3.05, 3.63) is 42.5 Å². The van der Waals surface area contributed by atoms with Crippen LogP contribution in [0.2, 0.25) is 0 Å². The Bertz CT molecular complexity index is 801. The first-order chi connectivity index (χ1) is 13.4. The second-order valence-electron chi connectivity index (χ2n) is 5.63. The minimum absolute atomic E-state index is 0.0445. The first kappa shape index (κ1) is 22.0. The second kappa shape index (κ2) is 8.80. The normalized spacial score (nSPS) is 11.7. The molecule has 2 amide bonds. The zero-order valence-electron chi connectivity index (χ0n) is 14.4. The maximum Gasteiger partial charge on any atom is 0.422 e. The van der Waals surface area contributed by atoms with E-state index in [-0.39, 0.29) is 17.1 Å². The number of phenolic OH excluding ortho intramolecular Hbond substituents is 1. The minimum Gasteiger partial charge on any atom is -0.508 e. The van der Waals surface area contributed by atoms with Gasteiger partial charge < -0.3 is 25.2 Å². The Morgan fingerprint density at radius 1 is 0.793 bits per heavy atom. The van der Waals surface area contributed by atoms with Crippen molar-refractivity contribution in [2.75, 3.05) is 23.8 Å². The van der Waals surface area contributed by atoms with Crippen molar-refractivity contribution in [2.45, 2.75) is 12.4 Å². The van der Waals surface area contributed by atoms with Gasteiger partial charge in [0.2, 0.25) is 0 Å². The molecule has 3 N–H and O–H groups in total.